The van der Waals surface area contributed by atoms with Crippen molar-refractivity contribution in [1.29, 1.82) is 0 Å². The first kappa shape index (κ1) is 12.5. The molecule has 4 heteroatoms. The summed E-state index contributed by atoms with van der Waals surface area (Å²) in [6.45, 7) is 1.37. The van der Waals surface area contributed by atoms with E-state index >= 15 is 0 Å². The van der Waals surface area contributed by atoms with Crippen LogP contribution in [0.4, 0.5) is 5.69 Å². The Morgan fingerprint density at radius 2 is 2.06 bits per heavy atom. The lowest BCUT2D eigenvalue weighted by atomic mass is 10.3. The molecule has 3 nitrogen and oxygen atoms in total. The molecule has 0 radical (unpaired) electrons. The average molecular weight is 250 g/mol. The number of thioether (sulfide) groups is 1. The summed E-state index contributed by atoms with van der Waals surface area (Å²) in [5.41, 5.74) is 0.862. The summed E-state index contributed by atoms with van der Waals surface area (Å²) < 4.78 is 0. The Bertz CT molecular complexity index is 374. The molecule has 17 heavy (non-hydrogen) atoms. The van der Waals surface area contributed by atoms with E-state index in [0.29, 0.717) is 6.54 Å². The minimum absolute atomic E-state index is 0.0301. The molecular weight excluding hydrogens is 232 g/mol. The molecule has 1 aromatic rings. The predicted molar refractivity (Wildman–Crippen MR) is 72.4 cm³/mol. The molecule has 0 bridgehead atoms. The van der Waals surface area contributed by atoms with Crippen LogP contribution in [0.3, 0.4) is 0 Å². The number of benzene rings is 1. The minimum Gasteiger partial charge on any atom is -0.325 e. The van der Waals surface area contributed by atoms with Crippen LogP contribution in [0.2, 0.25) is 0 Å². The third kappa shape index (κ3) is 4.40. The summed E-state index contributed by atoms with van der Waals surface area (Å²) in [7, 11) is 0. The number of nitrogens with one attached hydrogen (secondary N) is 2. The number of carbonyl (C=O) groups excluding carboxylic acids is 1. The van der Waals surface area contributed by atoms with E-state index in [4.69, 9.17) is 0 Å². The summed E-state index contributed by atoms with van der Waals surface area (Å²) in [5, 5.41) is 6.05. The topological polar surface area (TPSA) is 41.1 Å². The van der Waals surface area contributed by atoms with Gasteiger partial charge in [0.2, 0.25) is 5.91 Å². The molecule has 0 heterocycles. The third-order valence-electron chi connectivity index (χ3n) is 2.79. The second-order valence-electron chi connectivity index (χ2n) is 4.35. The van der Waals surface area contributed by atoms with E-state index in [2.05, 4.69) is 10.6 Å². The maximum absolute atomic E-state index is 11.6. The fourth-order valence-corrected chi connectivity index (χ4v) is 2.00. The van der Waals surface area contributed by atoms with Crippen LogP contribution in [0.15, 0.2) is 29.2 Å². The van der Waals surface area contributed by atoms with Crippen molar-refractivity contribution in [2.24, 2.45) is 5.92 Å². The molecule has 0 aromatic heterocycles. The van der Waals surface area contributed by atoms with Crippen molar-refractivity contribution in [3.05, 3.63) is 24.3 Å². The van der Waals surface area contributed by atoms with E-state index in [9.17, 15) is 4.79 Å². The molecular formula is C13H18N2OS. The van der Waals surface area contributed by atoms with Gasteiger partial charge in [0.25, 0.3) is 0 Å². The van der Waals surface area contributed by atoms with Crippen LogP contribution in [0.1, 0.15) is 12.8 Å². The van der Waals surface area contributed by atoms with E-state index in [1.165, 1.54) is 17.7 Å². The van der Waals surface area contributed by atoms with Crippen LogP contribution in [0.25, 0.3) is 0 Å². The lowest BCUT2D eigenvalue weighted by molar-refractivity contribution is -0.115. The maximum Gasteiger partial charge on any atom is 0.238 e. The monoisotopic (exact) mass is 250 g/mol. The van der Waals surface area contributed by atoms with E-state index in [1.54, 1.807) is 11.8 Å². The number of hydrogen-bond acceptors (Lipinski definition) is 3. The van der Waals surface area contributed by atoms with E-state index in [-0.39, 0.29) is 5.91 Å². The van der Waals surface area contributed by atoms with Crippen molar-refractivity contribution in [1.82, 2.24) is 5.32 Å². The van der Waals surface area contributed by atoms with Crippen molar-refractivity contribution in [3.63, 3.8) is 0 Å². The molecule has 0 aliphatic heterocycles. The summed E-state index contributed by atoms with van der Waals surface area (Å²) in [6, 6.07) is 7.89. The maximum atomic E-state index is 11.6. The summed E-state index contributed by atoms with van der Waals surface area (Å²) >= 11 is 1.70. The van der Waals surface area contributed by atoms with Gasteiger partial charge in [-0.25, -0.2) is 0 Å². The Kier molecular flexibility index (Phi) is 4.45. The van der Waals surface area contributed by atoms with Gasteiger partial charge in [0, 0.05) is 10.6 Å². The largest absolute Gasteiger partial charge is 0.325 e. The molecule has 1 aromatic carbocycles. The van der Waals surface area contributed by atoms with Crippen LogP contribution in [-0.4, -0.2) is 25.3 Å². The number of anilines is 1. The minimum atomic E-state index is 0.0301. The zero-order chi connectivity index (χ0) is 12.1. The van der Waals surface area contributed by atoms with Gasteiger partial charge in [0.05, 0.1) is 6.54 Å². The number of hydrogen-bond donors (Lipinski definition) is 2. The van der Waals surface area contributed by atoms with Crippen molar-refractivity contribution in [2.75, 3.05) is 24.7 Å². The highest BCUT2D eigenvalue weighted by atomic mass is 32.2. The molecule has 1 amide bonds. The SMILES string of the molecule is CSc1ccc(NC(=O)CNCC2CC2)cc1. The molecule has 2 N–H and O–H groups in total. The molecule has 1 fully saturated rings. The van der Waals surface area contributed by atoms with E-state index in [0.717, 1.165) is 18.2 Å². The molecule has 1 aliphatic rings. The Hall–Kier alpha value is -1.00. The Morgan fingerprint density at radius 1 is 1.35 bits per heavy atom. The first-order valence-corrected chi connectivity index (χ1v) is 7.15. The highest BCUT2D eigenvalue weighted by molar-refractivity contribution is 7.98. The van der Waals surface area contributed by atoms with Crippen molar-refractivity contribution >= 4 is 23.4 Å². The van der Waals surface area contributed by atoms with E-state index in [1.807, 2.05) is 30.5 Å². The van der Waals surface area contributed by atoms with Gasteiger partial charge in [0.1, 0.15) is 0 Å². The van der Waals surface area contributed by atoms with Gasteiger partial charge in [-0.1, -0.05) is 0 Å². The fraction of sp³-hybridized carbons (Fsp3) is 0.462. The van der Waals surface area contributed by atoms with Crippen LogP contribution in [0.5, 0.6) is 0 Å². The molecule has 0 spiro atoms. The third-order valence-corrected chi connectivity index (χ3v) is 3.53. The molecule has 92 valence electrons. The molecule has 0 unspecified atom stereocenters. The number of rotatable bonds is 6. The van der Waals surface area contributed by atoms with E-state index < -0.39 is 0 Å². The smallest absolute Gasteiger partial charge is 0.238 e. The lowest BCUT2D eigenvalue weighted by Crippen LogP contribution is -2.29. The first-order valence-electron chi connectivity index (χ1n) is 5.92. The zero-order valence-electron chi connectivity index (χ0n) is 10.0. The van der Waals surface area contributed by atoms with Crippen LogP contribution < -0.4 is 10.6 Å². The van der Waals surface area contributed by atoms with Crippen LogP contribution >= 0.6 is 11.8 Å². The van der Waals surface area contributed by atoms with Gasteiger partial charge in [-0.15, -0.1) is 11.8 Å². The molecule has 1 saturated carbocycles. The Labute approximate surface area is 106 Å². The van der Waals surface area contributed by atoms with Crippen molar-refractivity contribution in [2.45, 2.75) is 17.7 Å². The predicted octanol–water partition coefficient (Wildman–Crippen LogP) is 2.35. The zero-order valence-corrected chi connectivity index (χ0v) is 10.8. The highest BCUT2D eigenvalue weighted by Gasteiger charge is 2.20. The molecule has 0 atom stereocenters. The normalized spacial score (nSPS) is 14.6. The first-order chi connectivity index (χ1) is 8.28. The second-order valence-corrected chi connectivity index (χ2v) is 5.23. The van der Waals surface area contributed by atoms with Crippen molar-refractivity contribution in [3.8, 4) is 0 Å². The number of amides is 1. The summed E-state index contributed by atoms with van der Waals surface area (Å²) in [6.07, 6.45) is 4.66. The van der Waals surface area contributed by atoms with Gasteiger partial charge in [-0.2, -0.15) is 0 Å². The van der Waals surface area contributed by atoms with Gasteiger partial charge in [-0.3, -0.25) is 4.79 Å². The summed E-state index contributed by atoms with van der Waals surface area (Å²) in [5.74, 6) is 0.839. The van der Waals surface area contributed by atoms with Gasteiger partial charge in [0.15, 0.2) is 0 Å². The highest BCUT2D eigenvalue weighted by Crippen LogP contribution is 2.27. The quantitative estimate of drug-likeness (QED) is 0.761. The fourth-order valence-electron chi connectivity index (χ4n) is 1.59. The standard InChI is InChI=1S/C13H18N2OS/c1-17-12-6-4-11(5-7-12)15-13(16)9-14-8-10-2-3-10/h4-7,10,14H,2-3,8-9H2,1H3,(H,15,16). The molecule has 1 aliphatic carbocycles. The Morgan fingerprint density at radius 3 is 2.65 bits per heavy atom. The van der Waals surface area contributed by atoms with Gasteiger partial charge in [-0.05, 0) is 55.8 Å². The second kappa shape index (κ2) is 6.07. The Balaban J connectivity index is 1.72. The lowest BCUT2D eigenvalue weighted by Gasteiger charge is -2.06. The van der Waals surface area contributed by atoms with Crippen LogP contribution in [-0.2, 0) is 4.79 Å². The molecule has 2 rings (SSSR count). The summed E-state index contributed by atoms with van der Waals surface area (Å²) in [4.78, 5) is 12.8. The van der Waals surface area contributed by atoms with Crippen molar-refractivity contribution < 1.29 is 4.79 Å². The number of carbonyl (C=O) groups is 1. The van der Waals surface area contributed by atoms with Gasteiger partial charge < -0.3 is 10.6 Å². The molecule has 0 saturated heterocycles. The van der Waals surface area contributed by atoms with Gasteiger partial charge >= 0.3 is 0 Å². The van der Waals surface area contributed by atoms with Crippen LogP contribution in [0, 0.1) is 5.92 Å². The average Bonchev–Trinajstić information content (AvgIpc) is 3.14.